The average molecular weight is 578 g/mol. The Bertz CT molecular complexity index is 2730. The Morgan fingerprint density at radius 3 is 1.42 bits per heavy atom. The van der Waals surface area contributed by atoms with Crippen LogP contribution in [0.1, 0.15) is 6.85 Å². The first kappa shape index (κ1) is 20.9. The molecule has 0 spiro atoms. The van der Waals surface area contributed by atoms with Gasteiger partial charge in [-0.1, -0.05) is 139 Å². The normalized spacial score (nSPS) is 13.1. The summed E-state index contributed by atoms with van der Waals surface area (Å²) in [6.07, 6.45) is 0. The van der Waals surface area contributed by atoms with Crippen LogP contribution in [0.4, 0.5) is 0 Å². The summed E-state index contributed by atoms with van der Waals surface area (Å²) in [5, 5.41) is 5.52. The van der Waals surface area contributed by atoms with E-state index in [4.69, 9.17) is 11.3 Å². The summed E-state index contributed by atoms with van der Waals surface area (Å²) in [5.74, 6) is 0. The number of fused-ring (bicyclic) bond motifs is 5. The molecule has 1 heterocycles. The summed E-state index contributed by atoms with van der Waals surface area (Å²) in [6.45, 7) is 0. The highest BCUT2D eigenvalue weighted by Gasteiger charge is 2.18. The van der Waals surface area contributed by atoms with E-state index in [9.17, 15) is 0 Å². The van der Waals surface area contributed by atoms with Crippen LogP contribution in [0.2, 0.25) is 0 Å². The minimum atomic E-state index is -0.401. The average Bonchev–Trinajstić information content (AvgIpc) is 3.53. The molecule has 0 aliphatic rings. The van der Waals surface area contributed by atoms with Crippen molar-refractivity contribution in [3.05, 3.63) is 170 Å². The highest BCUT2D eigenvalue weighted by atomic mass is 16.3. The van der Waals surface area contributed by atoms with Gasteiger partial charge in [-0.15, -0.1) is 0 Å². The third kappa shape index (κ3) is 4.24. The molecule has 0 unspecified atom stereocenters. The fraction of sp³-hybridized carbons (Fsp3) is 0. The topological polar surface area (TPSA) is 13.1 Å². The second-order valence-electron chi connectivity index (χ2n) is 11.3. The highest BCUT2D eigenvalue weighted by Crippen LogP contribution is 2.45. The first-order chi connectivity index (χ1) is 24.4. The van der Waals surface area contributed by atoms with Gasteiger partial charge in [-0.2, -0.15) is 0 Å². The lowest BCUT2D eigenvalue weighted by atomic mass is 9.86. The number of furan rings is 1. The minimum Gasteiger partial charge on any atom is -0.456 e. The van der Waals surface area contributed by atoms with E-state index in [1.165, 1.54) is 5.56 Å². The predicted molar refractivity (Wildman–Crippen MR) is 190 cm³/mol. The molecule has 210 valence electrons. The Labute approximate surface area is 268 Å². The summed E-state index contributed by atoms with van der Waals surface area (Å²) in [5.41, 5.74) is 9.01. The second kappa shape index (κ2) is 10.4. The molecule has 0 fully saturated rings. The van der Waals surface area contributed by atoms with Crippen molar-refractivity contribution in [2.75, 3.05) is 0 Å². The second-order valence-corrected chi connectivity index (χ2v) is 11.3. The molecule has 0 amide bonds. The summed E-state index contributed by atoms with van der Waals surface area (Å²) in [4.78, 5) is 0. The zero-order chi connectivity index (χ0) is 34.1. The number of hydrogen-bond donors (Lipinski definition) is 0. The van der Waals surface area contributed by atoms with Gasteiger partial charge in [-0.3, -0.25) is 0 Å². The number of benzene rings is 8. The van der Waals surface area contributed by atoms with Crippen molar-refractivity contribution >= 4 is 43.5 Å². The molecule has 0 radical (unpaired) electrons. The molecule has 0 aliphatic heterocycles. The van der Waals surface area contributed by atoms with Gasteiger partial charge in [0, 0.05) is 10.8 Å². The van der Waals surface area contributed by atoms with Crippen molar-refractivity contribution in [3.63, 3.8) is 0 Å². The van der Waals surface area contributed by atoms with E-state index in [1.807, 2.05) is 66.7 Å². The summed E-state index contributed by atoms with van der Waals surface area (Å²) >= 11 is 0. The minimum absolute atomic E-state index is 0.204. The zero-order valence-electron chi connectivity index (χ0n) is 29.2. The van der Waals surface area contributed by atoms with E-state index in [-0.39, 0.29) is 29.7 Å². The van der Waals surface area contributed by atoms with Crippen LogP contribution >= 0.6 is 0 Å². The maximum atomic E-state index is 8.84. The molecule has 45 heavy (non-hydrogen) atoms. The van der Waals surface area contributed by atoms with E-state index in [2.05, 4.69) is 72.8 Å². The van der Waals surface area contributed by atoms with Gasteiger partial charge in [0.05, 0.1) is 6.85 Å². The molecular formula is C44H28O. The van der Waals surface area contributed by atoms with Crippen molar-refractivity contribution in [1.29, 1.82) is 0 Å². The standard InChI is InChI=1S/C44H28O/c1-3-12-29(13-4-1)31-16-11-17-32(26-31)33-22-24-41-39(27-33)40-28-34(23-25-42(40)45-41)44-37-20-9-7-18-35(37)43(30-14-5-2-6-15-30)36-19-8-10-21-38(36)44/h1-28H/i2D,5D,6D,14D,15D. The Hall–Kier alpha value is -5.92. The molecule has 0 saturated carbocycles. The van der Waals surface area contributed by atoms with Crippen molar-refractivity contribution in [2.24, 2.45) is 0 Å². The highest BCUT2D eigenvalue weighted by molar-refractivity contribution is 6.22. The van der Waals surface area contributed by atoms with Crippen LogP contribution in [0.5, 0.6) is 0 Å². The predicted octanol–water partition coefficient (Wildman–Crippen LogP) is 12.6. The van der Waals surface area contributed by atoms with Crippen LogP contribution in [0.25, 0.3) is 88.0 Å². The molecule has 8 aromatic carbocycles. The molecule has 1 heteroatoms. The molecule has 0 bridgehead atoms. The van der Waals surface area contributed by atoms with E-state index in [0.29, 0.717) is 5.56 Å². The van der Waals surface area contributed by atoms with Gasteiger partial charge in [0.25, 0.3) is 0 Å². The molecule has 1 nitrogen and oxygen atoms in total. The maximum absolute atomic E-state index is 8.84. The summed E-state index contributed by atoms with van der Waals surface area (Å²) < 4.78 is 49.0. The van der Waals surface area contributed by atoms with Gasteiger partial charge in [0.2, 0.25) is 0 Å². The number of hydrogen-bond acceptors (Lipinski definition) is 1. The van der Waals surface area contributed by atoms with E-state index in [1.54, 1.807) is 0 Å². The fourth-order valence-corrected chi connectivity index (χ4v) is 6.71. The smallest absolute Gasteiger partial charge is 0.135 e. The van der Waals surface area contributed by atoms with Gasteiger partial charge in [0.1, 0.15) is 11.2 Å². The van der Waals surface area contributed by atoms with Crippen LogP contribution in [0, 0.1) is 0 Å². The molecular weight excluding hydrogens is 544 g/mol. The summed E-state index contributed by atoms with van der Waals surface area (Å²) in [7, 11) is 0. The third-order valence-electron chi connectivity index (χ3n) is 8.74. The van der Waals surface area contributed by atoms with Crippen LogP contribution in [0.3, 0.4) is 0 Å². The molecule has 0 atom stereocenters. The first-order valence-corrected chi connectivity index (χ1v) is 15.0. The number of rotatable bonds is 4. The molecule has 1 aromatic heterocycles. The Kier molecular flexibility index (Phi) is 4.81. The van der Waals surface area contributed by atoms with Crippen molar-refractivity contribution in [1.82, 2.24) is 0 Å². The van der Waals surface area contributed by atoms with Crippen LogP contribution in [-0.2, 0) is 0 Å². The Morgan fingerprint density at radius 2 is 0.800 bits per heavy atom. The fourth-order valence-electron chi connectivity index (χ4n) is 6.71. The Morgan fingerprint density at radius 1 is 0.333 bits per heavy atom. The lowest BCUT2D eigenvalue weighted by Gasteiger charge is -2.17. The lowest BCUT2D eigenvalue weighted by molar-refractivity contribution is 0.669. The van der Waals surface area contributed by atoms with Crippen molar-refractivity contribution in [3.8, 4) is 44.5 Å². The van der Waals surface area contributed by atoms with Crippen molar-refractivity contribution in [2.45, 2.75) is 0 Å². The van der Waals surface area contributed by atoms with E-state index >= 15 is 0 Å². The molecule has 0 aliphatic carbocycles. The van der Waals surface area contributed by atoms with Gasteiger partial charge in [-0.05, 0) is 96.4 Å². The molecule has 9 rings (SSSR count). The van der Waals surface area contributed by atoms with Crippen LogP contribution in [0.15, 0.2) is 174 Å². The molecule has 9 aromatic rings. The van der Waals surface area contributed by atoms with Crippen molar-refractivity contribution < 1.29 is 11.3 Å². The van der Waals surface area contributed by atoms with Gasteiger partial charge < -0.3 is 4.42 Å². The lowest BCUT2D eigenvalue weighted by Crippen LogP contribution is -1.90. The maximum Gasteiger partial charge on any atom is 0.135 e. The van der Waals surface area contributed by atoms with Gasteiger partial charge in [-0.25, -0.2) is 0 Å². The molecule has 0 N–H and O–H groups in total. The third-order valence-corrected chi connectivity index (χ3v) is 8.74. The molecule has 0 saturated heterocycles. The first-order valence-electron chi connectivity index (χ1n) is 17.5. The van der Waals surface area contributed by atoms with Gasteiger partial charge >= 0.3 is 0 Å². The van der Waals surface area contributed by atoms with Gasteiger partial charge in [0.15, 0.2) is 0 Å². The SMILES string of the molecule is [2H]c1c([2H])c([2H])c(-c2c3ccccc3c(-c3ccc4oc5ccc(-c6cccc(-c7ccccc7)c6)cc5c4c3)c3ccccc23)c([2H])c1[2H]. The largest absolute Gasteiger partial charge is 0.456 e. The Balaban J connectivity index is 1.27. The summed E-state index contributed by atoms with van der Waals surface area (Å²) in [6, 6.07) is 45.9. The monoisotopic (exact) mass is 577 g/mol. The van der Waals surface area contributed by atoms with E-state index in [0.717, 1.165) is 71.3 Å². The van der Waals surface area contributed by atoms with Crippen LogP contribution in [-0.4, -0.2) is 0 Å². The van der Waals surface area contributed by atoms with E-state index < -0.39 is 6.04 Å². The van der Waals surface area contributed by atoms with Crippen LogP contribution < -0.4 is 0 Å². The quantitative estimate of drug-likeness (QED) is 0.190. The zero-order valence-corrected chi connectivity index (χ0v) is 24.2.